The van der Waals surface area contributed by atoms with Gasteiger partial charge < -0.3 is 15.4 Å². The van der Waals surface area contributed by atoms with Gasteiger partial charge in [-0.15, -0.1) is 10.2 Å². The molecule has 37 heavy (non-hydrogen) atoms. The summed E-state index contributed by atoms with van der Waals surface area (Å²) in [4.78, 5) is 13.1. The lowest BCUT2D eigenvalue weighted by Gasteiger charge is -2.20. The number of anilines is 2. The maximum atomic E-state index is 13.1. The molecule has 3 aromatic carbocycles. The smallest absolute Gasteiger partial charge is 0.323 e. The Labute approximate surface area is 219 Å². The molecule has 4 aromatic rings. The van der Waals surface area contributed by atoms with Gasteiger partial charge in [-0.25, -0.2) is 4.79 Å². The maximum absolute atomic E-state index is 13.1. The average Bonchev–Trinajstić information content (AvgIpc) is 3.84. The van der Waals surface area contributed by atoms with E-state index in [-0.39, 0.29) is 6.03 Å². The minimum Gasteiger partial charge on any atom is -0.491 e. The zero-order chi connectivity index (χ0) is 25.2. The second-order valence-corrected chi connectivity index (χ2v) is 10.2. The van der Waals surface area contributed by atoms with Gasteiger partial charge in [-0.3, -0.25) is 0 Å². The molecule has 6 rings (SSSR count). The number of aromatic nitrogens is 4. The van der Waals surface area contributed by atoms with E-state index in [1.165, 1.54) is 25.7 Å². The van der Waals surface area contributed by atoms with Crippen molar-refractivity contribution in [2.45, 2.75) is 32.1 Å². The van der Waals surface area contributed by atoms with E-state index < -0.39 is 0 Å². The van der Waals surface area contributed by atoms with Crippen LogP contribution in [0.25, 0.3) is 22.5 Å². The summed E-state index contributed by atoms with van der Waals surface area (Å²) < 4.78 is 6.38. The molecule has 0 radical (unpaired) electrons. The standard InChI is InChI=1S/C28H27ClN6O2/c29-21-9-11-22(12-10-21)30-28(36)31-25-15-19(23-3-1-2-4-24(23)27-32-34-35-33-27)14-20(13-17-5-6-17)26(25)37-16-18-7-8-18/h1-4,9-12,14-15,17-18H,5-8,13,16H2,(H2,30,31,36)(H,32,33,34,35). The number of urea groups is 1. The van der Waals surface area contributed by atoms with Crippen LogP contribution in [0.5, 0.6) is 5.75 Å². The number of tetrazole rings is 1. The minimum absolute atomic E-state index is 0.348. The Morgan fingerprint density at radius 2 is 1.73 bits per heavy atom. The molecule has 3 N–H and O–H groups in total. The maximum Gasteiger partial charge on any atom is 0.323 e. The molecule has 2 aliphatic rings. The average molecular weight is 515 g/mol. The van der Waals surface area contributed by atoms with Gasteiger partial charge in [0.2, 0.25) is 5.82 Å². The van der Waals surface area contributed by atoms with Crippen LogP contribution in [-0.2, 0) is 6.42 Å². The van der Waals surface area contributed by atoms with E-state index in [1.807, 2.05) is 30.3 Å². The lowest BCUT2D eigenvalue weighted by molar-refractivity contribution is 0.261. The number of halogens is 1. The van der Waals surface area contributed by atoms with E-state index in [2.05, 4.69) is 37.3 Å². The summed E-state index contributed by atoms with van der Waals surface area (Å²) in [6, 6.07) is 18.8. The normalized spacial score (nSPS) is 14.8. The van der Waals surface area contributed by atoms with Crippen molar-refractivity contribution in [3.8, 4) is 28.3 Å². The molecule has 2 aliphatic carbocycles. The number of rotatable bonds is 9. The van der Waals surface area contributed by atoms with Crippen molar-refractivity contribution in [1.82, 2.24) is 20.6 Å². The lowest BCUT2D eigenvalue weighted by atomic mass is 9.94. The highest BCUT2D eigenvalue weighted by Crippen LogP contribution is 2.43. The third-order valence-electron chi connectivity index (χ3n) is 6.71. The van der Waals surface area contributed by atoms with Gasteiger partial charge in [0.15, 0.2) is 0 Å². The Kier molecular flexibility index (Phi) is 6.49. The number of aromatic amines is 1. The zero-order valence-corrected chi connectivity index (χ0v) is 21.0. The number of nitrogens with one attached hydrogen (secondary N) is 3. The van der Waals surface area contributed by atoms with Crippen molar-refractivity contribution in [2.75, 3.05) is 17.2 Å². The molecule has 1 heterocycles. The first kappa shape index (κ1) is 23.5. The largest absolute Gasteiger partial charge is 0.491 e. The first-order valence-corrected chi connectivity index (χ1v) is 13.0. The molecule has 2 saturated carbocycles. The topological polar surface area (TPSA) is 105 Å². The van der Waals surface area contributed by atoms with Crippen molar-refractivity contribution in [3.05, 3.63) is 71.2 Å². The van der Waals surface area contributed by atoms with Crippen molar-refractivity contribution < 1.29 is 9.53 Å². The summed E-state index contributed by atoms with van der Waals surface area (Å²) in [7, 11) is 0. The first-order chi connectivity index (χ1) is 18.1. The highest BCUT2D eigenvalue weighted by atomic mass is 35.5. The number of ether oxygens (including phenoxy) is 1. The molecule has 2 amide bonds. The summed E-state index contributed by atoms with van der Waals surface area (Å²) in [5, 5.41) is 21.2. The molecule has 0 bridgehead atoms. The summed E-state index contributed by atoms with van der Waals surface area (Å²) in [6.45, 7) is 0.657. The van der Waals surface area contributed by atoms with Crippen LogP contribution in [0.15, 0.2) is 60.7 Å². The predicted molar refractivity (Wildman–Crippen MR) is 144 cm³/mol. The monoisotopic (exact) mass is 514 g/mol. The second-order valence-electron chi connectivity index (χ2n) is 9.78. The van der Waals surface area contributed by atoms with Crippen LogP contribution in [-0.4, -0.2) is 33.3 Å². The van der Waals surface area contributed by atoms with Gasteiger partial charge in [-0.05, 0) is 102 Å². The Morgan fingerprint density at radius 3 is 2.43 bits per heavy atom. The van der Waals surface area contributed by atoms with E-state index >= 15 is 0 Å². The Morgan fingerprint density at radius 1 is 0.973 bits per heavy atom. The van der Waals surface area contributed by atoms with Crippen LogP contribution >= 0.6 is 11.6 Å². The fourth-order valence-corrected chi connectivity index (χ4v) is 4.53. The van der Waals surface area contributed by atoms with Gasteiger partial charge in [0.1, 0.15) is 5.75 Å². The SMILES string of the molecule is O=C(Nc1ccc(Cl)cc1)Nc1cc(-c2ccccc2-c2nn[nH]n2)cc(CC2CC2)c1OCC1CC1. The fourth-order valence-electron chi connectivity index (χ4n) is 4.40. The van der Waals surface area contributed by atoms with Crippen LogP contribution < -0.4 is 15.4 Å². The molecule has 0 saturated heterocycles. The lowest BCUT2D eigenvalue weighted by Crippen LogP contribution is -2.20. The quantitative estimate of drug-likeness (QED) is 0.234. The molecule has 0 atom stereocenters. The third-order valence-corrected chi connectivity index (χ3v) is 6.96. The van der Waals surface area contributed by atoms with Crippen LogP contribution in [0.3, 0.4) is 0 Å². The summed E-state index contributed by atoms with van der Waals surface area (Å²) >= 11 is 5.99. The molecule has 0 spiro atoms. The van der Waals surface area contributed by atoms with Crippen molar-refractivity contribution in [1.29, 1.82) is 0 Å². The summed E-state index contributed by atoms with van der Waals surface area (Å²) in [6.07, 6.45) is 5.71. The minimum atomic E-state index is -0.348. The van der Waals surface area contributed by atoms with Crippen LogP contribution in [0.1, 0.15) is 31.2 Å². The molecular formula is C28H27ClN6O2. The van der Waals surface area contributed by atoms with Gasteiger partial charge in [-0.1, -0.05) is 35.9 Å². The number of hydrogen-bond acceptors (Lipinski definition) is 5. The van der Waals surface area contributed by atoms with E-state index in [4.69, 9.17) is 16.3 Å². The van der Waals surface area contributed by atoms with E-state index in [9.17, 15) is 4.79 Å². The van der Waals surface area contributed by atoms with Gasteiger partial charge in [0, 0.05) is 16.3 Å². The van der Waals surface area contributed by atoms with Gasteiger partial charge in [0.25, 0.3) is 0 Å². The molecule has 0 unspecified atom stereocenters. The Bertz CT molecular complexity index is 1400. The zero-order valence-electron chi connectivity index (χ0n) is 20.2. The van der Waals surface area contributed by atoms with Crippen LogP contribution in [0.4, 0.5) is 16.2 Å². The third kappa shape index (κ3) is 5.75. The number of carbonyl (C=O) groups excluding carboxylic acids is 1. The number of amides is 2. The molecule has 2 fully saturated rings. The number of H-pyrrole nitrogens is 1. The molecule has 188 valence electrons. The Hall–Kier alpha value is -3.91. The summed E-state index contributed by atoms with van der Waals surface area (Å²) in [5.74, 6) is 2.50. The van der Waals surface area contributed by atoms with Crippen molar-refractivity contribution in [3.63, 3.8) is 0 Å². The van der Waals surface area contributed by atoms with Crippen LogP contribution in [0, 0.1) is 11.8 Å². The number of benzene rings is 3. The molecule has 9 heteroatoms. The van der Waals surface area contributed by atoms with Gasteiger partial charge in [0.05, 0.1) is 12.3 Å². The molecular weight excluding hydrogens is 488 g/mol. The second kappa shape index (κ2) is 10.2. The number of hydrogen-bond donors (Lipinski definition) is 3. The Balaban J connectivity index is 1.39. The van der Waals surface area contributed by atoms with E-state index in [1.54, 1.807) is 24.3 Å². The van der Waals surface area contributed by atoms with Crippen molar-refractivity contribution in [2.24, 2.45) is 11.8 Å². The highest BCUT2D eigenvalue weighted by molar-refractivity contribution is 6.30. The van der Waals surface area contributed by atoms with Crippen LogP contribution in [0.2, 0.25) is 5.02 Å². The number of nitrogens with zero attached hydrogens (tertiary/aromatic N) is 3. The van der Waals surface area contributed by atoms with E-state index in [0.717, 1.165) is 34.4 Å². The number of carbonyl (C=O) groups is 1. The molecule has 1 aromatic heterocycles. The molecule has 8 nitrogen and oxygen atoms in total. The first-order valence-electron chi connectivity index (χ1n) is 12.6. The predicted octanol–water partition coefficient (Wildman–Crippen LogP) is 6.57. The summed E-state index contributed by atoms with van der Waals surface area (Å²) in [5.41, 5.74) is 5.16. The van der Waals surface area contributed by atoms with Crippen molar-refractivity contribution >= 4 is 29.0 Å². The highest BCUT2D eigenvalue weighted by Gasteiger charge is 2.28. The fraction of sp³-hybridized carbons (Fsp3) is 0.286. The van der Waals surface area contributed by atoms with Gasteiger partial charge >= 0.3 is 6.03 Å². The van der Waals surface area contributed by atoms with Gasteiger partial charge in [-0.2, -0.15) is 5.21 Å². The molecule has 0 aliphatic heterocycles. The van der Waals surface area contributed by atoms with E-state index in [0.29, 0.717) is 40.7 Å².